The Bertz CT molecular complexity index is 810. The highest BCUT2D eigenvalue weighted by Gasteiger charge is 2.19. The second kappa shape index (κ2) is 7.16. The van der Waals surface area contributed by atoms with Crippen LogP contribution >= 0.6 is 23.2 Å². The first-order valence-electron chi connectivity index (χ1n) is 6.33. The first-order valence-corrected chi connectivity index (χ1v) is 7.09. The van der Waals surface area contributed by atoms with Crippen LogP contribution in [-0.4, -0.2) is 16.9 Å². The number of non-ortho nitro benzene ring substituents is 1. The number of benzene rings is 2. The number of nitrogens with zero attached hydrogens (tertiary/aromatic N) is 2. The van der Waals surface area contributed by atoms with Crippen LogP contribution in [0.15, 0.2) is 41.4 Å². The molecule has 8 nitrogen and oxygen atoms in total. The normalized spacial score (nSPS) is 10.1. The maximum Gasteiger partial charge on any atom is 0.343 e. The molecule has 0 heterocycles. The Morgan fingerprint density at radius 2 is 1.67 bits per heavy atom. The van der Waals surface area contributed by atoms with Crippen LogP contribution in [0.2, 0.25) is 10.0 Å². The second-order valence-electron chi connectivity index (χ2n) is 4.47. The van der Waals surface area contributed by atoms with Gasteiger partial charge in [0.25, 0.3) is 5.69 Å². The summed E-state index contributed by atoms with van der Waals surface area (Å²) in [7, 11) is 0. The fraction of sp³-hybridized carbons (Fsp3) is 0. The van der Waals surface area contributed by atoms with E-state index in [9.17, 15) is 14.9 Å². The van der Waals surface area contributed by atoms with Crippen molar-refractivity contribution < 1.29 is 14.5 Å². The number of carbonyl (C=O) groups excluding carboxylic acids is 1. The van der Waals surface area contributed by atoms with Crippen molar-refractivity contribution in [3.63, 3.8) is 0 Å². The second-order valence-corrected chi connectivity index (χ2v) is 5.28. The Morgan fingerprint density at radius 3 is 2.12 bits per heavy atom. The Hall–Kier alpha value is -2.84. The van der Waals surface area contributed by atoms with Crippen molar-refractivity contribution in [3.8, 4) is 5.75 Å². The molecule has 0 bridgehead atoms. The van der Waals surface area contributed by atoms with E-state index in [2.05, 4.69) is 4.99 Å². The molecule has 0 amide bonds. The standard InChI is InChI=1S/C14H10Cl2N4O4/c15-10-5-9(20(22)23)6-11(16)12(10)24-13(21)7-1-3-8(4-2-7)19-14(17)18/h1-6H,(H4,17,18,19). The van der Waals surface area contributed by atoms with Crippen LogP contribution in [0.1, 0.15) is 10.4 Å². The molecule has 0 radical (unpaired) electrons. The number of ether oxygens (including phenoxy) is 1. The quantitative estimate of drug-likeness (QED) is 0.212. The van der Waals surface area contributed by atoms with Crippen molar-refractivity contribution in [1.82, 2.24) is 0 Å². The minimum Gasteiger partial charge on any atom is -0.420 e. The summed E-state index contributed by atoms with van der Waals surface area (Å²) in [6, 6.07) is 7.98. The zero-order chi connectivity index (χ0) is 17.9. The van der Waals surface area contributed by atoms with Gasteiger partial charge >= 0.3 is 5.97 Å². The lowest BCUT2D eigenvalue weighted by atomic mass is 10.2. The van der Waals surface area contributed by atoms with E-state index in [0.717, 1.165) is 12.1 Å². The van der Waals surface area contributed by atoms with Gasteiger partial charge in [0.15, 0.2) is 11.7 Å². The van der Waals surface area contributed by atoms with Crippen molar-refractivity contribution in [1.29, 1.82) is 0 Å². The zero-order valence-corrected chi connectivity index (χ0v) is 13.4. The molecule has 0 aliphatic heterocycles. The van der Waals surface area contributed by atoms with E-state index in [4.69, 9.17) is 39.4 Å². The molecule has 0 aliphatic rings. The van der Waals surface area contributed by atoms with E-state index in [0.29, 0.717) is 5.69 Å². The first kappa shape index (κ1) is 17.5. The number of esters is 1. The molecule has 4 N–H and O–H groups in total. The third-order valence-electron chi connectivity index (χ3n) is 2.75. The van der Waals surface area contributed by atoms with E-state index >= 15 is 0 Å². The maximum atomic E-state index is 12.1. The van der Waals surface area contributed by atoms with Crippen molar-refractivity contribution in [2.75, 3.05) is 0 Å². The van der Waals surface area contributed by atoms with Gasteiger partial charge in [-0.15, -0.1) is 0 Å². The van der Waals surface area contributed by atoms with Crippen LogP contribution < -0.4 is 16.2 Å². The highest BCUT2D eigenvalue weighted by molar-refractivity contribution is 6.37. The monoisotopic (exact) mass is 368 g/mol. The largest absolute Gasteiger partial charge is 0.420 e. The van der Waals surface area contributed by atoms with Crippen molar-refractivity contribution >= 4 is 46.5 Å². The molecule has 0 aromatic heterocycles. The van der Waals surface area contributed by atoms with E-state index in [-0.39, 0.29) is 33.0 Å². The highest BCUT2D eigenvalue weighted by atomic mass is 35.5. The molecule has 124 valence electrons. The SMILES string of the molecule is NC(N)=Nc1ccc(C(=O)Oc2c(Cl)cc([N+](=O)[O-])cc2Cl)cc1. The Labute approximate surface area is 145 Å². The number of halogens is 2. The Kier molecular flexibility index (Phi) is 5.22. The number of carbonyl (C=O) groups is 1. The van der Waals surface area contributed by atoms with Gasteiger partial charge in [-0.1, -0.05) is 23.2 Å². The summed E-state index contributed by atoms with van der Waals surface area (Å²) in [4.78, 5) is 26.0. The molecular weight excluding hydrogens is 359 g/mol. The number of hydrogen-bond acceptors (Lipinski definition) is 5. The number of aliphatic imine (C=N–C) groups is 1. The average molecular weight is 369 g/mol. The molecule has 2 aromatic rings. The van der Waals surface area contributed by atoms with Crippen LogP contribution in [0, 0.1) is 10.1 Å². The molecule has 24 heavy (non-hydrogen) atoms. The van der Waals surface area contributed by atoms with Gasteiger partial charge < -0.3 is 16.2 Å². The van der Waals surface area contributed by atoms with Crippen molar-refractivity contribution in [2.24, 2.45) is 16.5 Å². The predicted molar refractivity (Wildman–Crippen MR) is 90.0 cm³/mol. The molecular formula is C14H10Cl2N4O4. The minimum atomic E-state index is -0.746. The number of rotatable bonds is 4. The Balaban J connectivity index is 2.24. The van der Waals surface area contributed by atoms with Gasteiger partial charge in [0, 0.05) is 12.1 Å². The third kappa shape index (κ3) is 4.12. The molecule has 0 saturated heterocycles. The van der Waals surface area contributed by atoms with Crippen LogP contribution in [0.5, 0.6) is 5.75 Å². The minimum absolute atomic E-state index is 0.116. The number of guanidine groups is 1. The van der Waals surface area contributed by atoms with E-state index in [1.807, 2.05) is 0 Å². The molecule has 0 aliphatic carbocycles. The lowest BCUT2D eigenvalue weighted by Crippen LogP contribution is -2.21. The predicted octanol–water partition coefficient (Wildman–Crippen LogP) is 3.03. The summed E-state index contributed by atoms with van der Waals surface area (Å²) in [6.07, 6.45) is 0. The zero-order valence-electron chi connectivity index (χ0n) is 11.9. The Morgan fingerprint density at radius 1 is 1.12 bits per heavy atom. The van der Waals surface area contributed by atoms with Gasteiger partial charge in [0.2, 0.25) is 0 Å². The molecule has 0 unspecified atom stereocenters. The average Bonchev–Trinajstić information content (AvgIpc) is 2.50. The highest BCUT2D eigenvalue weighted by Crippen LogP contribution is 2.37. The molecule has 2 aromatic carbocycles. The lowest BCUT2D eigenvalue weighted by Gasteiger charge is -2.08. The van der Waals surface area contributed by atoms with Crippen LogP contribution in [-0.2, 0) is 0 Å². The summed E-state index contributed by atoms with van der Waals surface area (Å²) >= 11 is 11.8. The van der Waals surface area contributed by atoms with E-state index in [1.54, 1.807) is 0 Å². The number of nitrogens with two attached hydrogens (primary N) is 2. The van der Waals surface area contributed by atoms with Crippen LogP contribution in [0.25, 0.3) is 0 Å². The molecule has 10 heteroatoms. The number of nitro groups is 1. The van der Waals surface area contributed by atoms with Gasteiger partial charge in [-0.2, -0.15) is 0 Å². The van der Waals surface area contributed by atoms with Gasteiger partial charge in [-0.05, 0) is 24.3 Å². The van der Waals surface area contributed by atoms with Gasteiger partial charge in [0.05, 0.1) is 26.2 Å². The lowest BCUT2D eigenvalue weighted by molar-refractivity contribution is -0.384. The smallest absolute Gasteiger partial charge is 0.343 e. The molecule has 0 spiro atoms. The van der Waals surface area contributed by atoms with Gasteiger partial charge in [0.1, 0.15) is 0 Å². The van der Waals surface area contributed by atoms with E-state index in [1.165, 1.54) is 24.3 Å². The van der Waals surface area contributed by atoms with Gasteiger partial charge in [-0.3, -0.25) is 10.1 Å². The fourth-order valence-electron chi connectivity index (χ4n) is 1.72. The summed E-state index contributed by atoms with van der Waals surface area (Å²) in [6.45, 7) is 0. The van der Waals surface area contributed by atoms with Crippen LogP contribution in [0.4, 0.5) is 11.4 Å². The number of hydrogen-bond donors (Lipinski definition) is 2. The summed E-state index contributed by atoms with van der Waals surface area (Å²) in [5, 5.41) is 10.4. The maximum absolute atomic E-state index is 12.1. The molecule has 2 rings (SSSR count). The van der Waals surface area contributed by atoms with Crippen molar-refractivity contribution in [2.45, 2.75) is 0 Å². The topological polar surface area (TPSA) is 134 Å². The molecule has 0 fully saturated rings. The third-order valence-corrected chi connectivity index (χ3v) is 3.31. The molecule has 0 saturated carbocycles. The first-order chi connectivity index (χ1) is 11.3. The number of nitro benzene ring substituents is 1. The van der Waals surface area contributed by atoms with E-state index < -0.39 is 10.9 Å². The summed E-state index contributed by atoms with van der Waals surface area (Å²) in [5.74, 6) is -1.03. The van der Waals surface area contributed by atoms with Gasteiger partial charge in [-0.25, -0.2) is 9.79 Å². The summed E-state index contributed by atoms with van der Waals surface area (Å²) < 4.78 is 5.11. The fourth-order valence-corrected chi connectivity index (χ4v) is 2.27. The summed E-state index contributed by atoms with van der Waals surface area (Å²) in [5.41, 5.74) is 10.8. The molecule has 0 atom stereocenters. The van der Waals surface area contributed by atoms with Crippen molar-refractivity contribution in [3.05, 3.63) is 62.1 Å². The van der Waals surface area contributed by atoms with Crippen LogP contribution in [0.3, 0.4) is 0 Å².